The standard InChI is InChI=1S/C38H44N4O4S/c1-38(2,3)47(45)42-24-30-22-33(37(44)39-31-16-18-41(25-31)23-26-10-6-5-7-11-26)40-36(35(30)34(42)17-19-43)29-14-8-12-27(20-29)28-13-9-15-32(21-28)46-4/h5-15,20-22,31,34,43H,16-19,23-25H2,1-4H3,(H,39,44)/t31-,34-,47-/m1/s1. The Kier molecular flexibility index (Phi) is 9.89. The number of likely N-dealkylation sites (tertiary alicyclic amines) is 1. The first-order chi connectivity index (χ1) is 22.6. The van der Waals surface area contributed by atoms with Crippen molar-refractivity contribution in [1.29, 1.82) is 0 Å². The summed E-state index contributed by atoms with van der Waals surface area (Å²) in [6.07, 6.45) is 1.28. The van der Waals surface area contributed by atoms with Crippen LogP contribution in [0.2, 0.25) is 0 Å². The summed E-state index contributed by atoms with van der Waals surface area (Å²) in [5.41, 5.74) is 6.97. The van der Waals surface area contributed by atoms with Gasteiger partial charge in [-0.15, -0.1) is 0 Å². The lowest BCUT2D eigenvalue weighted by atomic mass is 9.94. The topological polar surface area (TPSA) is 95.0 Å². The van der Waals surface area contributed by atoms with Gasteiger partial charge in [-0.05, 0) is 80.1 Å². The van der Waals surface area contributed by atoms with E-state index < -0.39 is 15.7 Å². The Morgan fingerprint density at radius 1 is 1.00 bits per heavy atom. The molecule has 2 aliphatic heterocycles. The molecule has 1 saturated heterocycles. The normalized spacial score (nSPS) is 19.0. The third-order valence-electron chi connectivity index (χ3n) is 8.92. The molecule has 47 heavy (non-hydrogen) atoms. The van der Waals surface area contributed by atoms with Gasteiger partial charge in [-0.25, -0.2) is 13.5 Å². The smallest absolute Gasteiger partial charge is 0.270 e. The fraction of sp³-hybridized carbons (Fsp3) is 0.368. The van der Waals surface area contributed by atoms with Crippen LogP contribution in [0.15, 0.2) is 84.9 Å². The van der Waals surface area contributed by atoms with Gasteiger partial charge in [0.25, 0.3) is 5.91 Å². The van der Waals surface area contributed by atoms with E-state index in [2.05, 4.69) is 40.5 Å². The maximum atomic E-state index is 13.9. The summed E-state index contributed by atoms with van der Waals surface area (Å²) in [5, 5.41) is 13.4. The van der Waals surface area contributed by atoms with E-state index in [9.17, 15) is 14.1 Å². The van der Waals surface area contributed by atoms with Crippen LogP contribution in [0.3, 0.4) is 0 Å². The zero-order chi connectivity index (χ0) is 33.1. The maximum absolute atomic E-state index is 13.9. The number of benzene rings is 3. The van der Waals surface area contributed by atoms with Crippen molar-refractivity contribution in [1.82, 2.24) is 19.5 Å². The highest BCUT2D eigenvalue weighted by Gasteiger charge is 2.40. The summed E-state index contributed by atoms with van der Waals surface area (Å²) >= 11 is 0. The van der Waals surface area contributed by atoms with Crippen LogP contribution in [-0.4, -0.2) is 67.0 Å². The SMILES string of the molecule is COc1cccc(-c2cccc(-c3nc(C(=O)N[C@@H]4CCN(Cc5ccccc5)C4)cc4c3[C@@H](CCO)N([S@](=O)C(C)(C)C)C4)c2)c1. The molecule has 0 saturated carbocycles. The molecule has 0 bridgehead atoms. The van der Waals surface area contributed by atoms with E-state index in [0.29, 0.717) is 24.4 Å². The number of carbonyl (C=O) groups excluding carboxylic acids is 1. The minimum Gasteiger partial charge on any atom is -0.497 e. The van der Waals surface area contributed by atoms with Crippen LogP contribution >= 0.6 is 0 Å². The fourth-order valence-electron chi connectivity index (χ4n) is 6.65. The number of ether oxygens (including phenoxy) is 1. The zero-order valence-electron chi connectivity index (χ0n) is 27.6. The predicted octanol–water partition coefficient (Wildman–Crippen LogP) is 6.13. The lowest BCUT2D eigenvalue weighted by Gasteiger charge is -2.30. The van der Waals surface area contributed by atoms with E-state index in [4.69, 9.17) is 9.72 Å². The van der Waals surface area contributed by atoms with Gasteiger partial charge in [0, 0.05) is 50.0 Å². The van der Waals surface area contributed by atoms with E-state index in [0.717, 1.165) is 59.6 Å². The van der Waals surface area contributed by atoms with Crippen molar-refractivity contribution in [3.05, 3.63) is 107 Å². The van der Waals surface area contributed by atoms with Gasteiger partial charge in [0.2, 0.25) is 0 Å². The molecule has 0 radical (unpaired) electrons. The summed E-state index contributed by atoms with van der Waals surface area (Å²) in [4.78, 5) is 21.3. The largest absolute Gasteiger partial charge is 0.497 e. The first kappa shape index (κ1) is 33.0. The number of hydrogen-bond acceptors (Lipinski definition) is 6. The molecule has 3 heterocycles. The second kappa shape index (κ2) is 14.1. The molecule has 0 aliphatic carbocycles. The Labute approximate surface area is 280 Å². The van der Waals surface area contributed by atoms with Crippen LogP contribution in [0.25, 0.3) is 22.4 Å². The van der Waals surface area contributed by atoms with Crippen molar-refractivity contribution in [2.45, 2.75) is 63.5 Å². The lowest BCUT2D eigenvalue weighted by molar-refractivity contribution is 0.0932. The predicted molar refractivity (Wildman–Crippen MR) is 187 cm³/mol. The number of carbonyl (C=O) groups is 1. The van der Waals surface area contributed by atoms with Gasteiger partial charge in [-0.2, -0.15) is 0 Å². The molecule has 4 aromatic rings. The number of nitrogens with zero attached hydrogens (tertiary/aromatic N) is 3. The summed E-state index contributed by atoms with van der Waals surface area (Å²) in [7, 11) is 0.312. The van der Waals surface area contributed by atoms with Crippen LogP contribution < -0.4 is 10.1 Å². The number of aromatic nitrogens is 1. The molecule has 3 aromatic carbocycles. The van der Waals surface area contributed by atoms with Gasteiger partial charge in [0.15, 0.2) is 0 Å². The Bertz CT molecular complexity index is 1760. The number of methoxy groups -OCH3 is 1. The molecule has 2 N–H and O–H groups in total. The Balaban J connectivity index is 1.35. The second-order valence-corrected chi connectivity index (χ2v) is 15.6. The maximum Gasteiger partial charge on any atom is 0.270 e. The van der Waals surface area contributed by atoms with E-state index >= 15 is 0 Å². The zero-order valence-corrected chi connectivity index (χ0v) is 28.4. The Morgan fingerprint density at radius 3 is 2.45 bits per heavy atom. The molecule has 0 spiro atoms. The first-order valence-corrected chi connectivity index (χ1v) is 17.4. The molecule has 9 heteroatoms. The monoisotopic (exact) mass is 652 g/mol. The van der Waals surface area contributed by atoms with Crippen molar-refractivity contribution in [2.24, 2.45) is 0 Å². The molecule has 3 atom stereocenters. The van der Waals surface area contributed by atoms with Crippen LogP contribution in [0.4, 0.5) is 0 Å². The van der Waals surface area contributed by atoms with E-state index in [1.807, 2.05) is 79.7 Å². The van der Waals surface area contributed by atoms with Gasteiger partial charge in [0.1, 0.15) is 22.4 Å². The molecule has 246 valence electrons. The van der Waals surface area contributed by atoms with Crippen LogP contribution in [0.5, 0.6) is 5.75 Å². The van der Waals surface area contributed by atoms with Gasteiger partial charge in [-0.1, -0.05) is 60.7 Å². The van der Waals surface area contributed by atoms with Gasteiger partial charge in [-0.3, -0.25) is 9.69 Å². The summed E-state index contributed by atoms with van der Waals surface area (Å²) in [6, 6.07) is 28.0. The molecule has 2 aliphatic rings. The number of nitrogens with one attached hydrogen (secondary N) is 1. The average Bonchev–Trinajstić information content (AvgIpc) is 3.67. The van der Waals surface area contributed by atoms with Gasteiger partial charge in [0.05, 0.1) is 23.6 Å². The highest BCUT2D eigenvalue weighted by Crippen LogP contribution is 2.44. The molecule has 1 aromatic heterocycles. The first-order valence-electron chi connectivity index (χ1n) is 16.3. The van der Waals surface area contributed by atoms with Gasteiger partial charge >= 0.3 is 0 Å². The van der Waals surface area contributed by atoms with E-state index in [1.54, 1.807) is 7.11 Å². The van der Waals surface area contributed by atoms with Crippen LogP contribution in [0, 0.1) is 0 Å². The third-order valence-corrected chi connectivity index (χ3v) is 10.8. The number of hydrogen-bond donors (Lipinski definition) is 2. The quantitative estimate of drug-likeness (QED) is 0.214. The molecule has 6 rings (SSSR count). The number of aliphatic hydroxyl groups is 1. The number of amides is 1. The van der Waals surface area contributed by atoms with Crippen molar-refractivity contribution in [3.63, 3.8) is 0 Å². The van der Waals surface area contributed by atoms with E-state index in [-0.39, 0.29) is 24.6 Å². The van der Waals surface area contributed by atoms with Crippen molar-refractivity contribution in [2.75, 3.05) is 26.8 Å². The lowest BCUT2D eigenvalue weighted by Crippen LogP contribution is -2.37. The van der Waals surface area contributed by atoms with Crippen molar-refractivity contribution in [3.8, 4) is 28.1 Å². The summed E-state index contributed by atoms with van der Waals surface area (Å²) < 4.78 is 20.7. The summed E-state index contributed by atoms with van der Waals surface area (Å²) in [5.74, 6) is 0.557. The van der Waals surface area contributed by atoms with Crippen LogP contribution in [0.1, 0.15) is 66.8 Å². The number of rotatable bonds is 10. The Hall–Kier alpha value is -3.89. The fourth-order valence-corrected chi connectivity index (χ4v) is 8.05. The molecule has 0 unspecified atom stereocenters. The minimum atomic E-state index is -1.34. The average molecular weight is 653 g/mol. The number of pyridine rings is 1. The van der Waals surface area contributed by atoms with Crippen molar-refractivity contribution < 1.29 is 18.8 Å². The highest BCUT2D eigenvalue weighted by atomic mass is 32.2. The molecule has 1 fully saturated rings. The molecule has 8 nitrogen and oxygen atoms in total. The van der Waals surface area contributed by atoms with E-state index in [1.165, 1.54) is 5.56 Å². The van der Waals surface area contributed by atoms with Crippen LogP contribution in [-0.2, 0) is 24.1 Å². The van der Waals surface area contributed by atoms with Crippen molar-refractivity contribution >= 4 is 16.9 Å². The molecular formula is C38H44N4O4S. The highest BCUT2D eigenvalue weighted by molar-refractivity contribution is 7.84. The number of aliphatic hydroxyl groups excluding tert-OH is 1. The summed E-state index contributed by atoms with van der Waals surface area (Å²) in [6.45, 7) is 8.76. The second-order valence-electron chi connectivity index (χ2n) is 13.4. The Morgan fingerprint density at radius 2 is 1.72 bits per heavy atom. The molecule has 1 amide bonds. The molecular weight excluding hydrogens is 609 g/mol. The minimum absolute atomic E-state index is 0.0214. The van der Waals surface area contributed by atoms with Gasteiger partial charge < -0.3 is 15.2 Å². The number of fused-ring (bicyclic) bond motifs is 1. The third kappa shape index (κ3) is 7.33.